The molecule has 0 aliphatic carbocycles. The number of unbranched alkanes of at least 4 members (excludes halogenated alkanes) is 6. The first-order valence-corrected chi connectivity index (χ1v) is 8.90. The number of carboxylic acids is 1. The predicted molar refractivity (Wildman–Crippen MR) is 96.2 cm³/mol. The molecular formula is C20H36O2. The van der Waals surface area contributed by atoms with E-state index >= 15 is 0 Å². The average molecular weight is 313 g/mol. The van der Waals surface area contributed by atoms with Crippen LogP contribution in [0.2, 0.25) is 0 Å². The molecule has 0 aromatic rings. The smallest absolute Gasteiger partial charge is 0.303 e. The Morgan fingerprint density at radius 1 is 0.773 bits per heavy atom. The van der Waals surface area contributed by atoms with Gasteiger partial charge in [0.05, 0.1) is 5.48 Å². The minimum absolute atomic E-state index is 0.0353. The Morgan fingerprint density at radius 3 is 1.68 bits per heavy atom. The minimum Gasteiger partial charge on any atom is -0.481 e. The number of carboxylic acid groups (broad SMARTS) is 1. The molecule has 0 saturated heterocycles. The molecule has 0 atom stereocenters. The van der Waals surface area contributed by atoms with Crippen molar-refractivity contribution in [1.29, 1.82) is 0 Å². The lowest BCUT2D eigenvalue weighted by Gasteiger charge is -1.98. The van der Waals surface area contributed by atoms with Gasteiger partial charge in [-0.05, 0) is 51.4 Å². The van der Waals surface area contributed by atoms with Crippen LogP contribution in [0.3, 0.4) is 0 Å². The summed E-state index contributed by atoms with van der Waals surface area (Å²) in [5, 5.41) is 8.58. The molecule has 0 amide bonds. The van der Waals surface area contributed by atoms with Crippen molar-refractivity contribution in [3.8, 4) is 0 Å². The summed E-state index contributed by atoms with van der Waals surface area (Å²) < 4.78 is 31.5. The lowest BCUT2D eigenvalue weighted by molar-refractivity contribution is -0.137. The summed E-state index contributed by atoms with van der Waals surface area (Å²) in [5.41, 5.74) is 0. The lowest BCUT2D eigenvalue weighted by atomic mass is 10.1. The fourth-order valence-corrected chi connectivity index (χ4v) is 2.10. The zero-order chi connectivity index (χ0) is 19.8. The molecule has 0 aliphatic rings. The first kappa shape index (κ1) is 14.5. The van der Waals surface area contributed by atoms with Gasteiger partial charge in [0.25, 0.3) is 0 Å². The molecule has 0 unspecified atom stereocenters. The van der Waals surface area contributed by atoms with E-state index in [2.05, 4.69) is 6.92 Å². The summed E-state index contributed by atoms with van der Waals surface area (Å²) in [6, 6.07) is 1.33. The Labute approximate surface area is 143 Å². The van der Waals surface area contributed by atoms with E-state index in [1.54, 1.807) is 0 Å². The second-order valence-electron chi connectivity index (χ2n) is 5.68. The maximum Gasteiger partial charge on any atom is 0.303 e. The third-order valence-corrected chi connectivity index (χ3v) is 3.45. The van der Waals surface area contributed by atoms with Crippen LogP contribution in [0.25, 0.3) is 0 Å². The second kappa shape index (κ2) is 18.0. The summed E-state index contributed by atoms with van der Waals surface area (Å²) >= 11 is 0. The van der Waals surface area contributed by atoms with Gasteiger partial charge in [-0.3, -0.25) is 4.79 Å². The zero-order valence-electron chi connectivity index (χ0n) is 18.3. The van der Waals surface area contributed by atoms with Crippen LogP contribution in [0.1, 0.15) is 102 Å². The monoisotopic (exact) mass is 312 g/mol. The molecule has 22 heavy (non-hydrogen) atoms. The molecule has 0 rings (SSSR count). The molecule has 2 heteroatoms. The summed E-state index contributed by atoms with van der Waals surface area (Å²) in [5.74, 6) is -0.869. The van der Waals surface area contributed by atoms with Gasteiger partial charge in [0.15, 0.2) is 0 Å². The molecule has 128 valence electrons. The highest BCUT2D eigenvalue weighted by Gasteiger charge is 1.93. The first-order chi connectivity index (χ1) is 12.4. The zero-order valence-corrected chi connectivity index (χ0v) is 14.3. The van der Waals surface area contributed by atoms with Crippen LogP contribution >= 0.6 is 0 Å². The maximum atomic E-state index is 10.4. The number of hydrogen-bond donors (Lipinski definition) is 1. The number of hydrogen-bond acceptors (Lipinski definition) is 1. The first-order valence-electron chi connectivity index (χ1n) is 10.9. The van der Waals surface area contributed by atoms with E-state index < -0.39 is 5.97 Å². The number of allylic oxidation sites excluding steroid dienone is 4. The molecule has 0 aromatic heterocycles. The fourth-order valence-electron chi connectivity index (χ4n) is 2.10. The Morgan fingerprint density at radius 2 is 1.18 bits per heavy atom. The van der Waals surface area contributed by atoms with Crippen molar-refractivity contribution in [3.05, 3.63) is 24.2 Å². The maximum absolute atomic E-state index is 10.4. The van der Waals surface area contributed by atoms with Gasteiger partial charge in [0.2, 0.25) is 0 Å². The van der Waals surface area contributed by atoms with Crippen LogP contribution in [0, 0.1) is 0 Å². The average Bonchev–Trinajstić information content (AvgIpc) is 2.60. The Balaban J connectivity index is 3.93. The van der Waals surface area contributed by atoms with Gasteiger partial charge in [0, 0.05) is 6.42 Å². The molecule has 0 fully saturated rings. The molecule has 0 spiro atoms. The van der Waals surface area contributed by atoms with Crippen molar-refractivity contribution in [2.75, 3.05) is 0 Å². The highest BCUT2D eigenvalue weighted by molar-refractivity contribution is 5.66. The van der Waals surface area contributed by atoms with Gasteiger partial charge in [-0.1, -0.05) is 63.2 Å². The summed E-state index contributed by atoms with van der Waals surface area (Å²) in [6.07, 6.45) is 11.1. The highest BCUT2D eigenvalue weighted by atomic mass is 16.4. The van der Waals surface area contributed by atoms with Crippen molar-refractivity contribution in [1.82, 2.24) is 0 Å². The van der Waals surface area contributed by atoms with Gasteiger partial charge in [-0.15, -0.1) is 0 Å². The van der Waals surface area contributed by atoms with Crippen LogP contribution < -0.4 is 0 Å². The van der Waals surface area contributed by atoms with Crippen LogP contribution in [0.4, 0.5) is 0 Å². The molecule has 0 aromatic carbocycles. The van der Waals surface area contributed by atoms with Crippen molar-refractivity contribution in [2.45, 2.75) is 96.8 Å². The van der Waals surface area contributed by atoms with Crippen LogP contribution in [-0.4, -0.2) is 11.1 Å². The van der Waals surface area contributed by atoms with Gasteiger partial charge < -0.3 is 5.11 Å². The summed E-state index contributed by atoms with van der Waals surface area (Å²) in [6.45, 7) is 2.20. The van der Waals surface area contributed by atoms with Crippen molar-refractivity contribution >= 4 is 5.97 Å². The summed E-state index contributed by atoms with van der Waals surface area (Å²) in [7, 11) is 0. The van der Waals surface area contributed by atoms with Gasteiger partial charge in [-0.25, -0.2) is 0 Å². The standard InChI is InChI=1S/C20H36O2/c1-2-3-4-5-6-7-8-9-10-11-12-13-14-15-16-17-18-19-20(21)22/h9-10,15-16H,2-8,11-14,17-19H2,1H3,(H,21,22)/b10-9-,16-15-/i9D,10D,15D,16D. The number of rotatable bonds is 16. The minimum atomic E-state index is -0.869. The SMILES string of the molecule is [2H]/C(CCCCCCCC)=C(\[2H])CCCC/C([2H])=C(/[2H])CCCC(=O)O. The molecule has 2 nitrogen and oxygen atoms in total. The quantitative estimate of drug-likeness (QED) is 0.255. The van der Waals surface area contributed by atoms with Crippen LogP contribution in [0.15, 0.2) is 24.2 Å². The van der Waals surface area contributed by atoms with E-state index in [0.29, 0.717) is 44.2 Å². The summed E-state index contributed by atoms with van der Waals surface area (Å²) in [4.78, 5) is 10.4. The Hall–Kier alpha value is -1.05. The van der Waals surface area contributed by atoms with Crippen LogP contribution in [0.5, 0.6) is 0 Å². The van der Waals surface area contributed by atoms with Crippen molar-refractivity contribution < 1.29 is 15.4 Å². The lowest BCUT2D eigenvalue weighted by Crippen LogP contribution is -1.92. The Kier molecular flexibility index (Phi) is 11.9. The molecule has 1 N–H and O–H groups in total. The van der Waals surface area contributed by atoms with Crippen LogP contribution in [-0.2, 0) is 4.79 Å². The molecular weight excluding hydrogens is 272 g/mol. The van der Waals surface area contributed by atoms with Crippen molar-refractivity contribution in [3.63, 3.8) is 0 Å². The van der Waals surface area contributed by atoms with E-state index in [0.717, 1.165) is 25.7 Å². The third kappa shape index (κ3) is 18.9. The Bertz CT molecular complexity index is 459. The molecule has 0 radical (unpaired) electrons. The topological polar surface area (TPSA) is 37.3 Å². The number of aliphatic carboxylic acids is 1. The van der Waals surface area contributed by atoms with E-state index in [1.807, 2.05) is 0 Å². The van der Waals surface area contributed by atoms with E-state index in [1.165, 1.54) is 25.7 Å². The van der Waals surface area contributed by atoms with Gasteiger partial charge in [0.1, 0.15) is 0 Å². The highest BCUT2D eigenvalue weighted by Crippen LogP contribution is 2.08. The van der Waals surface area contributed by atoms with E-state index in [-0.39, 0.29) is 18.5 Å². The van der Waals surface area contributed by atoms with Gasteiger partial charge in [-0.2, -0.15) is 0 Å². The van der Waals surface area contributed by atoms with E-state index in [9.17, 15) is 4.79 Å². The third-order valence-electron chi connectivity index (χ3n) is 3.45. The second-order valence-corrected chi connectivity index (χ2v) is 5.68. The normalized spacial score (nSPS) is 16.0. The molecule has 0 heterocycles. The van der Waals surface area contributed by atoms with Gasteiger partial charge >= 0.3 is 5.97 Å². The van der Waals surface area contributed by atoms with E-state index in [4.69, 9.17) is 10.6 Å². The molecule has 0 saturated carbocycles. The number of carbonyl (C=O) groups is 1. The predicted octanol–water partition coefficient (Wildman–Crippen LogP) is 6.66. The van der Waals surface area contributed by atoms with Crippen molar-refractivity contribution in [2.24, 2.45) is 0 Å². The fraction of sp³-hybridized carbons (Fsp3) is 0.750. The molecule has 0 bridgehead atoms. The largest absolute Gasteiger partial charge is 0.481 e. The molecule has 0 aliphatic heterocycles.